The van der Waals surface area contributed by atoms with Crippen molar-refractivity contribution in [1.82, 2.24) is 9.88 Å². The van der Waals surface area contributed by atoms with E-state index in [1.165, 1.54) is 0 Å². The van der Waals surface area contributed by atoms with E-state index >= 15 is 0 Å². The number of fused-ring (bicyclic) bond motifs is 2. The molecule has 41 heavy (non-hydrogen) atoms. The number of pyridine rings is 1. The number of hydrogen-bond donors (Lipinski definition) is 2. The van der Waals surface area contributed by atoms with Gasteiger partial charge in [-0.05, 0) is 36.8 Å². The molecule has 7 rings (SSSR count). The zero-order valence-electron chi connectivity index (χ0n) is 22.6. The monoisotopic (exact) mass is 592 g/mol. The molecule has 5 heterocycles. The molecule has 2 atom stereocenters. The van der Waals surface area contributed by atoms with Crippen LogP contribution in [0.5, 0.6) is 0 Å². The molecule has 0 bridgehead atoms. The van der Waals surface area contributed by atoms with Crippen molar-refractivity contribution in [3.63, 3.8) is 0 Å². The molecule has 1 unspecified atom stereocenters. The number of carbonyl (C=O) groups is 1. The molecule has 0 amide bonds. The number of ether oxygens (including phenoxy) is 2. The lowest BCUT2D eigenvalue weighted by molar-refractivity contribution is -0.140. The number of rotatable bonds is 5. The number of nitrogens with zero attached hydrogens (tertiary/aromatic N) is 3. The lowest BCUT2D eigenvalue weighted by atomic mass is 10.1. The van der Waals surface area contributed by atoms with Crippen molar-refractivity contribution < 1.29 is 19.4 Å². The van der Waals surface area contributed by atoms with Crippen LogP contribution in [0, 0.1) is 0 Å². The fourth-order valence-electron chi connectivity index (χ4n) is 6.31. The maximum absolute atomic E-state index is 12.7. The molecule has 4 aliphatic rings. The van der Waals surface area contributed by atoms with Crippen molar-refractivity contribution in [3.8, 4) is 11.3 Å². The highest BCUT2D eigenvalue weighted by Gasteiger charge is 2.43. The van der Waals surface area contributed by atoms with Crippen molar-refractivity contribution in [2.75, 3.05) is 69.0 Å². The number of benzene rings is 2. The Morgan fingerprint density at radius 2 is 1.63 bits per heavy atom. The Morgan fingerprint density at radius 3 is 2.41 bits per heavy atom. The van der Waals surface area contributed by atoms with E-state index in [-0.39, 0.29) is 11.6 Å². The molecule has 4 aliphatic heterocycles. The van der Waals surface area contributed by atoms with Gasteiger partial charge in [-0.3, -0.25) is 9.69 Å². The van der Waals surface area contributed by atoms with Gasteiger partial charge in [-0.15, -0.1) is 0 Å². The second-order valence-corrected chi connectivity index (χ2v) is 12.8. The summed E-state index contributed by atoms with van der Waals surface area (Å²) in [6.45, 7) is 6.43. The first-order valence-corrected chi connectivity index (χ1v) is 15.7. The predicted molar refractivity (Wildman–Crippen MR) is 160 cm³/mol. The molecule has 2 aromatic carbocycles. The van der Waals surface area contributed by atoms with Crippen LogP contribution in [0.25, 0.3) is 11.3 Å². The summed E-state index contributed by atoms with van der Waals surface area (Å²) in [5.74, 6) is -0.776. The van der Waals surface area contributed by atoms with E-state index < -0.39 is 12.0 Å². The topological polar surface area (TPSA) is 98.3 Å². The highest BCUT2D eigenvalue weighted by molar-refractivity contribution is 8.05. The van der Waals surface area contributed by atoms with Gasteiger partial charge >= 0.3 is 5.97 Å². The van der Waals surface area contributed by atoms with Gasteiger partial charge < -0.3 is 29.4 Å². The van der Waals surface area contributed by atoms with Crippen LogP contribution in [0.15, 0.2) is 72.9 Å². The number of aromatic nitrogens is 1. The highest BCUT2D eigenvalue weighted by Crippen LogP contribution is 2.52. The van der Waals surface area contributed by atoms with E-state index in [1.54, 1.807) is 29.6 Å². The first-order valence-electron chi connectivity index (χ1n) is 14.1. The SMILES string of the molecule is O=C(O)[C@@H]1C(N2CCOCC2)CCN1c1ccc2c(c1)Sc1cccc(-c3cc(N4CCOCC4)cc(=O)[nH]3)c1S2. The average molecular weight is 593 g/mol. The van der Waals surface area contributed by atoms with Crippen molar-refractivity contribution in [2.45, 2.75) is 38.1 Å². The number of aliphatic carboxylic acids is 1. The van der Waals surface area contributed by atoms with E-state index in [1.807, 2.05) is 6.07 Å². The van der Waals surface area contributed by atoms with Gasteiger partial charge in [-0.1, -0.05) is 35.7 Å². The Bertz CT molecular complexity index is 1520. The molecule has 0 saturated carbocycles. The number of carboxylic acid groups (broad SMARTS) is 1. The van der Waals surface area contributed by atoms with E-state index in [2.05, 4.69) is 56.1 Å². The summed E-state index contributed by atoms with van der Waals surface area (Å²) in [6, 6.07) is 15.6. The maximum atomic E-state index is 12.7. The third-order valence-corrected chi connectivity index (χ3v) is 10.9. The number of carboxylic acids is 1. The standard InChI is InChI=1S/C30H32N4O5S2/c35-27-18-20(32-8-12-38-13-9-32)16-22(31-27)21-2-1-3-25-29(21)41-24-5-4-19(17-26(24)40-25)34-7-6-23(28(34)30(36)37)33-10-14-39-15-11-33/h1-5,16-18,23,28H,6-15H2,(H,31,35)(H,36,37)/t23?,28-/m0/s1. The minimum atomic E-state index is -0.776. The molecule has 0 radical (unpaired) electrons. The van der Waals surface area contributed by atoms with Crippen LogP contribution < -0.4 is 15.4 Å². The minimum Gasteiger partial charge on any atom is -0.480 e. The van der Waals surface area contributed by atoms with Crippen LogP contribution in [0.2, 0.25) is 0 Å². The lowest BCUT2D eigenvalue weighted by Crippen LogP contribution is -2.52. The zero-order valence-corrected chi connectivity index (χ0v) is 24.2. The molecule has 214 valence electrons. The van der Waals surface area contributed by atoms with E-state index in [0.29, 0.717) is 33.0 Å². The summed E-state index contributed by atoms with van der Waals surface area (Å²) in [5, 5.41) is 10.2. The van der Waals surface area contributed by atoms with Gasteiger partial charge in [-0.2, -0.15) is 0 Å². The summed E-state index contributed by atoms with van der Waals surface area (Å²) in [6.07, 6.45) is 0.823. The minimum absolute atomic E-state index is 0.0203. The van der Waals surface area contributed by atoms with Gasteiger partial charge in [-0.25, -0.2) is 4.79 Å². The van der Waals surface area contributed by atoms with E-state index in [9.17, 15) is 14.7 Å². The normalized spacial score (nSPS) is 22.8. The molecule has 1 aromatic heterocycles. The maximum Gasteiger partial charge on any atom is 0.327 e. The first-order chi connectivity index (χ1) is 20.0. The van der Waals surface area contributed by atoms with Gasteiger partial charge in [0.05, 0.1) is 32.1 Å². The second-order valence-electron chi connectivity index (χ2n) is 10.7. The van der Waals surface area contributed by atoms with Crippen molar-refractivity contribution in [1.29, 1.82) is 0 Å². The molecule has 3 saturated heterocycles. The molecule has 3 aromatic rings. The molecule has 2 N–H and O–H groups in total. The number of hydrogen-bond acceptors (Lipinski definition) is 9. The smallest absolute Gasteiger partial charge is 0.327 e. The van der Waals surface area contributed by atoms with Gasteiger partial charge in [0.1, 0.15) is 6.04 Å². The number of anilines is 2. The van der Waals surface area contributed by atoms with Gasteiger partial charge in [0.25, 0.3) is 0 Å². The Labute approximate surface area is 246 Å². The summed E-state index contributed by atoms with van der Waals surface area (Å²) in [4.78, 5) is 39.2. The first kappa shape index (κ1) is 26.9. The van der Waals surface area contributed by atoms with Crippen LogP contribution in [0.3, 0.4) is 0 Å². The van der Waals surface area contributed by atoms with Crippen LogP contribution in [-0.4, -0.2) is 92.2 Å². The summed E-state index contributed by atoms with van der Waals surface area (Å²) in [5.41, 5.74) is 3.55. The quantitative estimate of drug-likeness (QED) is 0.356. The molecular weight excluding hydrogens is 560 g/mol. The Balaban J connectivity index is 1.17. The second kappa shape index (κ2) is 11.4. The van der Waals surface area contributed by atoms with Crippen LogP contribution in [0.4, 0.5) is 11.4 Å². The molecule has 3 fully saturated rings. The van der Waals surface area contributed by atoms with Crippen LogP contribution in [-0.2, 0) is 14.3 Å². The number of nitrogens with one attached hydrogen (secondary N) is 1. The fourth-order valence-corrected chi connectivity index (χ4v) is 8.72. The Hall–Kier alpha value is -2.96. The van der Waals surface area contributed by atoms with Gasteiger partial charge in [0.15, 0.2) is 0 Å². The van der Waals surface area contributed by atoms with Crippen LogP contribution in [0.1, 0.15) is 6.42 Å². The third-order valence-electron chi connectivity index (χ3n) is 8.30. The predicted octanol–water partition coefficient (Wildman–Crippen LogP) is 3.86. The average Bonchev–Trinajstić information content (AvgIpc) is 3.46. The van der Waals surface area contributed by atoms with Gasteiger partial charge in [0, 0.05) is 81.4 Å². The van der Waals surface area contributed by atoms with Crippen LogP contribution >= 0.6 is 23.5 Å². The summed E-state index contributed by atoms with van der Waals surface area (Å²) < 4.78 is 11.0. The Kier molecular flexibility index (Phi) is 7.46. The molecule has 0 spiro atoms. The van der Waals surface area contributed by atoms with Crippen molar-refractivity contribution >= 4 is 40.9 Å². The van der Waals surface area contributed by atoms with Crippen molar-refractivity contribution in [2.24, 2.45) is 0 Å². The van der Waals surface area contributed by atoms with E-state index in [4.69, 9.17) is 9.47 Å². The largest absolute Gasteiger partial charge is 0.480 e. The van der Waals surface area contributed by atoms with Crippen molar-refractivity contribution in [3.05, 3.63) is 58.9 Å². The lowest BCUT2D eigenvalue weighted by Gasteiger charge is -2.36. The van der Waals surface area contributed by atoms with E-state index in [0.717, 1.165) is 74.8 Å². The molecule has 11 heteroatoms. The number of H-pyrrole nitrogens is 1. The highest BCUT2D eigenvalue weighted by atomic mass is 32.2. The van der Waals surface area contributed by atoms with Gasteiger partial charge in [0.2, 0.25) is 5.56 Å². The molecular formula is C30H32N4O5S2. The summed E-state index contributed by atoms with van der Waals surface area (Å²) >= 11 is 3.40. The number of morpholine rings is 2. The summed E-state index contributed by atoms with van der Waals surface area (Å²) in [7, 11) is 0. The number of aromatic amines is 1. The third kappa shape index (κ3) is 5.25. The Morgan fingerprint density at radius 1 is 0.854 bits per heavy atom. The fraction of sp³-hybridized carbons (Fsp3) is 0.400. The molecule has 0 aliphatic carbocycles. The zero-order chi connectivity index (χ0) is 27.9. The molecule has 9 nitrogen and oxygen atoms in total.